The summed E-state index contributed by atoms with van der Waals surface area (Å²) < 4.78 is 6.07. The van der Waals surface area contributed by atoms with Gasteiger partial charge in [0.2, 0.25) is 0 Å². The molecule has 0 radical (unpaired) electrons. The predicted octanol–water partition coefficient (Wildman–Crippen LogP) is 4.11. The molecular formula is C17H33NO. The van der Waals surface area contributed by atoms with Crippen LogP contribution in [0.15, 0.2) is 12.2 Å². The normalized spacial score (nSPS) is 24.9. The molecule has 112 valence electrons. The van der Waals surface area contributed by atoms with Gasteiger partial charge in [-0.25, -0.2) is 0 Å². The van der Waals surface area contributed by atoms with Gasteiger partial charge >= 0.3 is 0 Å². The fourth-order valence-electron chi connectivity index (χ4n) is 2.73. The Labute approximate surface area is 120 Å². The average Bonchev–Trinajstić information content (AvgIpc) is 2.71. The van der Waals surface area contributed by atoms with Crippen LogP contribution in [0.4, 0.5) is 0 Å². The van der Waals surface area contributed by atoms with Crippen LogP contribution in [-0.2, 0) is 4.74 Å². The molecule has 0 spiro atoms. The molecule has 0 aromatic heterocycles. The van der Waals surface area contributed by atoms with Crippen molar-refractivity contribution in [2.45, 2.75) is 72.6 Å². The molecule has 0 aromatic rings. The van der Waals surface area contributed by atoms with Gasteiger partial charge in [-0.15, -0.1) is 0 Å². The van der Waals surface area contributed by atoms with Crippen molar-refractivity contribution in [3.05, 3.63) is 12.2 Å². The molecule has 0 saturated carbocycles. The van der Waals surface area contributed by atoms with Crippen LogP contribution >= 0.6 is 0 Å². The second kappa shape index (κ2) is 7.44. The predicted molar refractivity (Wildman–Crippen MR) is 83.4 cm³/mol. The van der Waals surface area contributed by atoms with Gasteiger partial charge in [0.1, 0.15) is 0 Å². The SMILES string of the molecule is C=C(C(C)C)[C@@H]1C[C@@H](OCCC(C)C)CN1C(C)C. The zero-order chi connectivity index (χ0) is 14.6. The molecule has 1 fully saturated rings. The van der Waals surface area contributed by atoms with Crippen LogP contribution < -0.4 is 0 Å². The smallest absolute Gasteiger partial charge is 0.0720 e. The van der Waals surface area contributed by atoms with Gasteiger partial charge in [0, 0.05) is 25.2 Å². The van der Waals surface area contributed by atoms with Gasteiger partial charge in [0.25, 0.3) is 0 Å². The van der Waals surface area contributed by atoms with E-state index >= 15 is 0 Å². The lowest BCUT2D eigenvalue weighted by molar-refractivity contribution is 0.0500. The quantitative estimate of drug-likeness (QED) is 0.644. The second-order valence-electron chi connectivity index (χ2n) is 6.95. The van der Waals surface area contributed by atoms with Crippen molar-refractivity contribution in [1.29, 1.82) is 0 Å². The highest BCUT2D eigenvalue weighted by molar-refractivity contribution is 5.13. The third kappa shape index (κ3) is 4.92. The molecule has 1 aliphatic rings. The highest BCUT2D eigenvalue weighted by atomic mass is 16.5. The number of hydrogen-bond acceptors (Lipinski definition) is 2. The van der Waals surface area contributed by atoms with E-state index in [1.54, 1.807) is 0 Å². The first kappa shape index (κ1) is 16.7. The van der Waals surface area contributed by atoms with Gasteiger partial charge in [-0.3, -0.25) is 4.90 Å². The highest BCUT2D eigenvalue weighted by Gasteiger charge is 2.36. The zero-order valence-electron chi connectivity index (χ0n) is 13.8. The van der Waals surface area contributed by atoms with Crippen molar-refractivity contribution < 1.29 is 4.74 Å². The fourth-order valence-corrected chi connectivity index (χ4v) is 2.73. The Morgan fingerprint density at radius 3 is 2.32 bits per heavy atom. The first-order chi connectivity index (χ1) is 8.82. The Bertz CT molecular complexity index is 283. The molecule has 1 saturated heterocycles. The largest absolute Gasteiger partial charge is 0.377 e. The van der Waals surface area contributed by atoms with Crippen LogP contribution in [0.3, 0.4) is 0 Å². The molecule has 2 atom stereocenters. The van der Waals surface area contributed by atoms with E-state index in [-0.39, 0.29) is 0 Å². The van der Waals surface area contributed by atoms with Gasteiger partial charge in [0.05, 0.1) is 6.10 Å². The summed E-state index contributed by atoms with van der Waals surface area (Å²) in [5, 5.41) is 0. The molecule has 0 unspecified atom stereocenters. The van der Waals surface area contributed by atoms with Gasteiger partial charge in [-0.05, 0) is 38.5 Å². The van der Waals surface area contributed by atoms with Crippen molar-refractivity contribution in [1.82, 2.24) is 4.90 Å². The van der Waals surface area contributed by atoms with E-state index < -0.39 is 0 Å². The molecule has 1 aliphatic heterocycles. The highest BCUT2D eigenvalue weighted by Crippen LogP contribution is 2.30. The van der Waals surface area contributed by atoms with E-state index in [1.807, 2.05) is 0 Å². The Kier molecular flexibility index (Phi) is 6.55. The standard InChI is InChI=1S/C17H33NO/c1-12(2)8-9-19-16-10-17(15(7)13(3)4)18(11-16)14(5)6/h12-14,16-17H,7-11H2,1-6H3/t16-,17+/m1/s1. The number of likely N-dealkylation sites (tertiary alicyclic amines) is 1. The molecule has 0 N–H and O–H groups in total. The van der Waals surface area contributed by atoms with Crippen LogP contribution in [0.5, 0.6) is 0 Å². The van der Waals surface area contributed by atoms with E-state index in [0.717, 1.165) is 31.9 Å². The number of nitrogens with zero attached hydrogens (tertiary/aromatic N) is 1. The van der Waals surface area contributed by atoms with Crippen molar-refractivity contribution in [3.63, 3.8) is 0 Å². The molecule has 0 bridgehead atoms. The number of rotatable bonds is 7. The fraction of sp³-hybridized carbons (Fsp3) is 0.882. The Balaban J connectivity index is 2.54. The van der Waals surface area contributed by atoms with Crippen LogP contribution in [0.2, 0.25) is 0 Å². The maximum absolute atomic E-state index is 6.07. The molecule has 19 heavy (non-hydrogen) atoms. The Morgan fingerprint density at radius 2 is 1.84 bits per heavy atom. The number of hydrogen-bond donors (Lipinski definition) is 0. The van der Waals surface area contributed by atoms with Crippen LogP contribution in [0.25, 0.3) is 0 Å². The van der Waals surface area contributed by atoms with Crippen molar-refractivity contribution in [3.8, 4) is 0 Å². The van der Waals surface area contributed by atoms with Crippen molar-refractivity contribution >= 4 is 0 Å². The van der Waals surface area contributed by atoms with E-state index in [9.17, 15) is 0 Å². The van der Waals surface area contributed by atoms with E-state index in [0.29, 0.717) is 24.1 Å². The summed E-state index contributed by atoms with van der Waals surface area (Å²) in [5.74, 6) is 1.28. The summed E-state index contributed by atoms with van der Waals surface area (Å²) in [4.78, 5) is 2.56. The summed E-state index contributed by atoms with van der Waals surface area (Å²) in [6, 6.07) is 1.07. The lowest BCUT2D eigenvalue weighted by Gasteiger charge is -2.30. The third-order valence-corrected chi connectivity index (χ3v) is 4.18. The topological polar surface area (TPSA) is 12.5 Å². The molecular weight excluding hydrogens is 234 g/mol. The average molecular weight is 267 g/mol. The molecule has 0 amide bonds. The molecule has 1 heterocycles. The zero-order valence-corrected chi connectivity index (χ0v) is 13.8. The molecule has 2 heteroatoms. The van der Waals surface area contributed by atoms with Crippen LogP contribution in [0.1, 0.15) is 54.4 Å². The third-order valence-electron chi connectivity index (χ3n) is 4.18. The minimum atomic E-state index is 0.390. The Hall–Kier alpha value is -0.340. The van der Waals surface area contributed by atoms with Gasteiger partial charge < -0.3 is 4.74 Å². The van der Waals surface area contributed by atoms with E-state index in [1.165, 1.54) is 5.57 Å². The second-order valence-corrected chi connectivity index (χ2v) is 6.95. The maximum Gasteiger partial charge on any atom is 0.0720 e. The van der Waals surface area contributed by atoms with Crippen molar-refractivity contribution in [2.24, 2.45) is 11.8 Å². The first-order valence-corrected chi connectivity index (χ1v) is 7.89. The molecule has 0 aliphatic carbocycles. The molecule has 1 rings (SSSR count). The number of ether oxygens (including phenoxy) is 1. The first-order valence-electron chi connectivity index (χ1n) is 7.89. The van der Waals surface area contributed by atoms with E-state index in [2.05, 4.69) is 53.0 Å². The summed E-state index contributed by atoms with van der Waals surface area (Å²) in [7, 11) is 0. The van der Waals surface area contributed by atoms with E-state index in [4.69, 9.17) is 4.74 Å². The summed E-state index contributed by atoms with van der Waals surface area (Å²) >= 11 is 0. The Morgan fingerprint density at radius 1 is 1.21 bits per heavy atom. The van der Waals surface area contributed by atoms with Crippen LogP contribution in [0, 0.1) is 11.8 Å². The summed E-state index contributed by atoms with van der Waals surface area (Å²) in [5.41, 5.74) is 1.36. The summed E-state index contributed by atoms with van der Waals surface area (Å²) in [6.07, 6.45) is 2.67. The van der Waals surface area contributed by atoms with Gasteiger partial charge in [0.15, 0.2) is 0 Å². The lowest BCUT2D eigenvalue weighted by Crippen LogP contribution is -2.37. The summed E-state index contributed by atoms with van der Waals surface area (Å²) in [6.45, 7) is 19.8. The molecule has 0 aromatic carbocycles. The molecule has 2 nitrogen and oxygen atoms in total. The lowest BCUT2D eigenvalue weighted by atomic mass is 9.95. The van der Waals surface area contributed by atoms with Gasteiger partial charge in [-0.2, -0.15) is 0 Å². The minimum Gasteiger partial charge on any atom is -0.377 e. The van der Waals surface area contributed by atoms with Crippen LogP contribution in [-0.4, -0.2) is 36.2 Å². The van der Waals surface area contributed by atoms with Crippen molar-refractivity contribution in [2.75, 3.05) is 13.2 Å². The maximum atomic E-state index is 6.07. The van der Waals surface area contributed by atoms with Gasteiger partial charge in [-0.1, -0.05) is 39.8 Å². The monoisotopic (exact) mass is 267 g/mol. The minimum absolute atomic E-state index is 0.390.